The third kappa shape index (κ3) is 8.00. The molecule has 2 amide bonds. The number of hydrogen-bond acceptors (Lipinski definition) is 10. The van der Waals surface area contributed by atoms with E-state index in [9.17, 15) is 23.1 Å². The number of fused-ring (bicyclic) bond motifs is 2. The van der Waals surface area contributed by atoms with Crippen LogP contribution in [-0.4, -0.2) is 85.8 Å². The van der Waals surface area contributed by atoms with Gasteiger partial charge in [0.25, 0.3) is 0 Å². The molecule has 0 unspecified atom stereocenters. The molecule has 0 radical (unpaired) electrons. The predicted octanol–water partition coefficient (Wildman–Crippen LogP) is 2.57. The fraction of sp³-hybridized carbons (Fsp3) is 0.516. The summed E-state index contributed by atoms with van der Waals surface area (Å²) in [5.41, 5.74) is 1.61. The average molecular weight is 645 g/mol. The van der Waals surface area contributed by atoms with Gasteiger partial charge in [-0.05, 0) is 42.5 Å². The van der Waals surface area contributed by atoms with E-state index in [2.05, 4.69) is 15.8 Å². The summed E-state index contributed by atoms with van der Waals surface area (Å²) in [5, 5.41) is 21.4. The summed E-state index contributed by atoms with van der Waals surface area (Å²) >= 11 is 0. The molecule has 3 heterocycles. The van der Waals surface area contributed by atoms with Crippen LogP contribution in [0.1, 0.15) is 38.4 Å². The fourth-order valence-electron chi connectivity index (χ4n) is 5.65. The Morgan fingerprint density at radius 3 is 2.64 bits per heavy atom. The molecule has 13 nitrogen and oxygen atoms in total. The molecule has 0 aliphatic carbocycles. The first-order valence-electron chi connectivity index (χ1n) is 15.1. The number of carbonyl (C=O) groups excluding carboxylic acids is 2. The second-order valence-corrected chi connectivity index (χ2v) is 13.8. The summed E-state index contributed by atoms with van der Waals surface area (Å²) in [7, 11) is -4.13. The molecule has 5 rings (SSSR count). The number of nitrogens with one attached hydrogen (secondary N) is 2. The number of ether oxygens (including phenoxy) is 3. The lowest BCUT2D eigenvalue weighted by Gasteiger charge is -2.31. The van der Waals surface area contributed by atoms with Crippen LogP contribution in [0.4, 0.5) is 4.79 Å². The largest absolute Gasteiger partial charge is 0.443 e. The summed E-state index contributed by atoms with van der Waals surface area (Å²) < 4.78 is 51.4. The zero-order valence-corrected chi connectivity index (χ0v) is 26.4. The number of amides is 2. The van der Waals surface area contributed by atoms with Crippen LogP contribution in [0.3, 0.4) is 0 Å². The number of benzene rings is 2. The van der Waals surface area contributed by atoms with Gasteiger partial charge < -0.3 is 34.5 Å². The lowest BCUT2D eigenvalue weighted by molar-refractivity contribution is -0.119. The molecule has 0 bridgehead atoms. The summed E-state index contributed by atoms with van der Waals surface area (Å²) in [5.74, 6) is -0.389. The third-order valence-electron chi connectivity index (χ3n) is 7.93. The Morgan fingerprint density at radius 1 is 1.13 bits per heavy atom. The standard InChI is InChI=1S/C31H40N4O9S/c1-19(2)16-35(45(39,40)22-9-10-28-24(14-22)26(34-44-28)15-32-20(3)36)17-27(37)25(13-21-7-5-4-6-8-21)33-31(38)43-29-18-42-30-23(29)11-12-41-30/h4-10,14,19,23,25,27,29-30,37H,11-13,15-18H2,1-3H3,(H,32,36)(H,33,38)/t23-,25-,27+,29-,30+/m0/s1. The number of sulfonamides is 1. The Balaban J connectivity index is 1.36. The van der Waals surface area contributed by atoms with Gasteiger partial charge in [0.1, 0.15) is 11.8 Å². The minimum absolute atomic E-state index is 0.0170. The molecule has 45 heavy (non-hydrogen) atoms. The number of hydrogen-bond donors (Lipinski definition) is 3. The van der Waals surface area contributed by atoms with Crippen LogP contribution in [0.2, 0.25) is 0 Å². The highest BCUT2D eigenvalue weighted by molar-refractivity contribution is 7.89. The number of aliphatic hydroxyl groups is 1. The minimum Gasteiger partial charge on any atom is -0.443 e. The fourth-order valence-corrected chi connectivity index (χ4v) is 7.30. The number of aliphatic hydroxyl groups excluding tert-OH is 1. The van der Waals surface area contributed by atoms with E-state index in [1.807, 2.05) is 44.2 Å². The lowest BCUT2D eigenvalue weighted by Crippen LogP contribution is -2.51. The van der Waals surface area contributed by atoms with Gasteiger partial charge in [-0.2, -0.15) is 4.31 Å². The minimum atomic E-state index is -4.13. The van der Waals surface area contributed by atoms with Crippen LogP contribution in [0, 0.1) is 11.8 Å². The average Bonchev–Trinajstić information content (AvgIpc) is 3.73. The zero-order valence-electron chi connectivity index (χ0n) is 25.5. The quantitative estimate of drug-likeness (QED) is 0.251. The Hall–Kier alpha value is -3.56. The van der Waals surface area contributed by atoms with E-state index in [1.165, 1.54) is 29.4 Å². The molecule has 2 saturated heterocycles. The van der Waals surface area contributed by atoms with Crippen LogP contribution in [0.15, 0.2) is 57.9 Å². The molecule has 0 saturated carbocycles. The van der Waals surface area contributed by atoms with Gasteiger partial charge in [-0.25, -0.2) is 13.2 Å². The second kappa shape index (κ2) is 14.3. The molecule has 2 fully saturated rings. The monoisotopic (exact) mass is 644 g/mol. The molecular weight excluding hydrogens is 604 g/mol. The number of aromatic nitrogens is 1. The number of rotatable bonds is 13. The molecule has 14 heteroatoms. The first kappa shape index (κ1) is 32.8. The molecular formula is C31H40N4O9S. The normalized spacial score (nSPS) is 21.2. The van der Waals surface area contributed by atoms with Gasteiger partial charge in [-0.15, -0.1) is 0 Å². The predicted molar refractivity (Wildman–Crippen MR) is 162 cm³/mol. The van der Waals surface area contributed by atoms with E-state index in [0.717, 1.165) is 12.0 Å². The van der Waals surface area contributed by atoms with E-state index in [1.54, 1.807) is 0 Å². The maximum Gasteiger partial charge on any atom is 0.407 e. The van der Waals surface area contributed by atoms with Crippen molar-refractivity contribution < 1.29 is 41.8 Å². The van der Waals surface area contributed by atoms with Crippen LogP contribution in [0.25, 0.3) is 11.0 Å². The van der Waals surface area contributed by atoms with Gasteiger partial charge in [-0.1, -0.05) is 49.3 Å². The van der Waals surface area contributed by atoms with E-state index < -0.39 is 34.4 Å². The van der Waals surface area contributed by atoms with Gasteiger partial charge in [0.15, 0.2) is 11.9 Å². The van der Waals surface area contributed by atoms with E-state index in [0.29, 0.717) is 23.3 Å². The van der Waals surface area contributed by atoms with Gasteiger partial charge in [0, 0.05) is 25.4 Å². The SMILES string of the molecule is CC(=O)NCc1noc2ccc(S(=O)(=O)N(CC(C)C)C[C@@H](O)[C@H](Cc3ccccc3)NC(=O)O[C@H]3CO[C@H]4OCC[C@H]43)cc12. The number of alkyl carbamates (subject to hydrolysis) is 1. The summed E-state index contributed by atoms with van der Waals surface area (Å²) in [4.78, 5) is 24.5. The summed E-state index contributed by atoms with van der Waals surface area (Å²) in [6, 6.07) is 12.8. The van der Waals surface area contributed by atoms with Crippen molar-refractivity contribution in [3.05, 3.63) is 59.8 Å². The molecule has 0 spiro atoms. The van der Waals surface area contributed by atoms with Crippen LogP contribution in [-0.2, 0) is 42.0 Å². The smallest absolute Gasteiger partial charge is 0.407 e. The highest BCUT2D eigenvalue weighted by Gasteiger charge is 2.44. The van der Waals surface area contributed by atoms with Gasteiger partial charge in [0.05, 0.1) is 42.7 Å². The molecule has 1 aromatic heterocycles. The highest BCUT2D eigenvalue weighted by atomic mass is 32.2. The van der Waals surface area contributed by atoms with E-state index >= 15 is 0 Å². The van der Waals surface area contributed by atoms with Crippen LogP contribution >= 0.6 is 0 Å². The van der Waals surface area contributed by atoms with Crippen molar-refractivity contribution >= 4 is 33.0 Å². The van der Waals surface area contributed by atoms with Gasteiger partial charge in [0.2, 0.25) is 15.9 Å². The molecule has 3 aromatic rings. The molecule has 244 valence electrons. The number of carbonyl (C=O) groups is 2. The molecule has 2 aliphatic rings. The molecule has 2 aliphatic heterocycles. The third-order valence-corrected chi connectivity index (χ3v) is 9.76. The second-order valence-electron chi connectivity index (χ2n) is 11.9. The first-order valence-corrected chi connectivity index (χ1v) is 16.5. The van der Waals surface area contributed by atoms with Crippen molar-refractivity contribution in [2.24, 2.45) is 11.8 Å². The first-order chi connectivity index (χ1) is 21.5. The highest BCUT2D eigenvalue weighted by Crippen LogP contribution is 2.33. The molecule has 3 N–H and O–H groups in total. The number of nitrogens with zero attached hydrogens (tertiary/aromatic N) is 2. The van der Waals surface area contributed by atoms with Crippen LogP contribution in [0.5, 0.6) is 0 Å². The van der Waals surface area contributed by atoms with Crippen molar-refractivity contribution in [2.75, 3.05) is 26.3 Å². The van der Waals surface area contributed by atoms with Crippen molar-refractivity contribution in [2.45, 2.75) is 69.6 Å². The Labute approximate surface area is 262 Å². The van der Waals surface area contributed by atoms with Gasteiger partial charge in [-0.3, -0.25) is 4.79 Å². The Morgan fingerprint density at radius 2 is 1.91 bits per heavy atom. The van der Waals surface area contributed by atoms with Crippen molar-refractivity contribution in [1.82, 2.24) is 20.1 Å². The molecule has 2 aromatic carbocycles. The van der Waals surface area contributed by atoms with E-state index in [4.69, 9.17) is 18.7 Å². The maximum atomic E-state index is 14.0. The van der Waals surface area contributed by atoms with Crippen molar-refractivity contribution in [1.29, 1.82) is 0 Å². The van der Waals surface area contributed by atoms with Gasteiger partial charge >= 0.3 is 6.09 Å². The van der Waals surface area contributed by atoms with Crippen LogP contribution < -0.4 is 10.6 Å². The maximum absolute atomic E-state index is 14.0. The summed E-state index contributed by atoms with van der Waals surface area (Å²) in [6.07, 6.45) is -1.92. The van der Waals surface area contributed by atoms with Crippen molar-refractivity contribution in [3.8, 4) is 0 Å². The van der Waals surface area contributed by atoms with E-state index in [-0.39, 0.29) is 61.6 Å². The Kier molecular flexibility index (Phi) is 10.4. The van der Waals surface area contributed by atoms with Crippen molar-refractivity contribution in [3.63, 3.8) is 0 Å². The lowest BCUT2D eigenvalue weighted by atomic mass is 10.0. The summed E-state index contributed by atoms with van der Waals surface area (Å²) in [6.45, 7) is 5.79. The molecule has 5 atom stereocenters. The topological polar surface area (TPSA) is 170 Å². The zero-order chi connectivity index (χ0) is 32.1. The Bertz CT molecular complexity index is 1580.